The summed E-state index contributed by atoms with van der Waals surface area (Å²) in [5, 5.41) is 4.96. The van der Waals surface area contributed by atoms with Gasteiger partial charge in [-0.25, -0.2) is 9.97 Å². The summed E-state index contributed by atoms with van der Waals surface area (Å²) in [7, 11) is 1.58. The number of nitrogen functional groups attached to an aromatic ring is 1. The molecule has 0 spiro atoms. The zero-order valence-corrected chi connectivity index (χ0v) is 16.2. The number of benzene rings is 3. The molecule has 3 aromatic carbocycles. The fraction of sp³-hybridized carbons (Fsp3) is 0.0455. The summed E-state index contributed by atoms with van der Waals surface area (Å²) >= 11 is 0. The van der Waals surface area contributed by atoms with Gasteiger partial charge in [-0.2, -0.15) is 0 Å². The van der Waals surface area contributed by atoms with Crippen LogP contribution in [0.3, 0.4) is 0 Å². The van der Waals surface area contributed by atoms with Crippen LogP contribution >= 0.6 is 0 Å². The third-order valence-corrected chi connectivity index (χ3v) is 4.57. The molecule has 0 aliphatic heterocycles. The first-order valence-electron chi connectivity index (χ1n) is 9.22. The molecule has 0 aliphatic rings. The summed E-state index contributed by atoms with van der Waals surface area (Å²) in [6, 6.07) is 20.6. The molecule has 0 saturated heterocycles. The summed E-state index contributed by atoms with van der Waals surface area (Å²) in [6.45, 7) is 0. The molecule has 1 aromatic heterocycles. The van der Waals surface area contributed by atoms with Gasteiger partial charge >= 0.3 is 0 Å². The Morgan fingerprint density at radius 3 is 2.53 bits per heavy atom. The van der Waals surface area contributed by atoms with Crippen molar-refractivity contribution >= 4 is 39.7 Å². The molecule has 0 unspecified atom stereocenters. The number of nitrogens with one attached hydrogen (secondary N) is 3. The number of carbonyl (C=O) groups excluding carboxylic acids is 1. The monoisotopic (exact) mass is 400 g/mol. The third-order valence-electron chi connectivity index (χ3n) is 4.57. The topological polar surface area (TPSA) is 114 Å². The van der Waals surface area contributed by atoms with E-state index in [0.29, 0.717) is 22.8 Å². The number of anilines is 4. The molecule has 0 aliphatic carbocycles. The molecular weight excluding hydrogens is 380 g/mol. The van der Waals surface area contributed by atoms with E-state index in [1.807, 2.05) is 60.7 Å². The van der Waals surface area contributed by atoms with Crippen molar-refractivity contribution in [1.29, 1.82) is 0 Å². The molecule has 0 bridgehead atoms. The number of hydrogen-bond donors (Lipinski definition) is 4. The first-order chi connectivity index (χ1) is 14.7. The lowest BCUT2D eigenvalue weighted by Gasteiger charge is -2.15. The highest BCUT2D eigenvalue weighted by molar-refractivity contribution is 6.07. The average molecular weight is 400 g/mol. The second-order valence-corrected chi connectivity index (χ2v) is 6.42. The highest BCUT2D eigenvalue weighted by atomic mass is 16.5. The molecule has 8 nitrogen and oxygen atoms in total. The number of nitrogens with two attached hydrogens (primary N) is 1. The first kappa shape index (κ1) is 19.0. The summed E-state index contributed by atoms with van der Waals surface area (Å²) < 4.78 is 5.33. The average Bonchev–Trinajstić information content (AvgIpc) is 2.79. The number of aromatic nitrogens is 2. The molecule has 0 saturated carbocycles. The Labute approximate surface area is 173 Å². The van der Waals surface area contributed by atoms with Crippen LogP contribution in [-0.2, 0) is 0 Å². The number of rotatable bonds is 6. The second kappa shape index (κ2) is 8.36. The number of methoxy groups -OCH3 is 1. The second-order valence-electron chi connectivity index (χ2n) is 6.42. The van der Waals surface area contributed by atoms with Crippen LogP contribution in [-0.4, -0.2) is 23.0 Å². The zero-order valence-electron chi connectivity index (χ0n) is 16.2. The Kier molecular flexibility index (Phi) is 5.29. The molecule has 5 N–H and O–H groups in total. The van der Waals surface area contributed by atoms with Crippen molar-refractivity contribution in [1.82, 2.24) is 15.4 Å². The number of amides is 1. The SMILES string of the molecule is COc1ccccc1Nc1ncnc(NNC(=O)c2cccc3ccccc23)c1N. The van der Waals surface area contributed by atoms with E-state index in [0.717, 1.165) is 10.8 Å². The predicted octanol–water partition coefficient (Wildman–Crippen LogP) is 3.72. The maximum Gasteiger partial charge on any atom is 0.270 e. The molecule has 0 atom stereocenters. The highest BCUT2D eigenvalue weighted by Gasteiger charge is 2.13. The van der Waals surface area contributed by atoms with E-state index in [9.17, 15) is 4.79 Å². The highest BCUT2D eigenvalue weighted by Crippen LogP contribution is 2.30. The number of hydrazine groups is 1. The molecule has 0 fully saturated rings. The van der Waals surface area contributed by atoms with Gasteiger partial charge in [0, 0.05) is 5.56 Å². The minimum absolute atomic E-state index is 0.252. The van der Waals surface area contributed by atoms with Gasteiger partial charge in [-0.05, 0) is 29.0 Å². The molecule has 0 radical (unpaired) electrons. The maximum atomic E-state index is 12.7. The van der Waals surface area contributed by atoms with Gasteiger partial charge in [-0.1, -0.05) is 48.5 Å². The first-order valence-corrected chi connectivity index (χ1v) is 9.22. The smallest absolute Gasteiger partial charge is 0.270 e. The van der Waals surface area contributed by atoms with Crippen molar-refractivity contribution in [2.45, 2.75) is 0 Å². The summed E-state index contributed by atoms with van der Waals surface area (Å²) in [5.41, 5.74) is 13.1. The van der Waals surface area contributed by atoms with Gasteiger partial charge in [0.25, 0.3) is 5.91 Å². The normalized spacial score (nSPS) is 10.4. The quantitative estimate of drug-likeness (QED) is 0.365. The molecule has 1 heterocycles. The van der Waals surface area contributed by atoms with Crippen molar-refractivity contribution in [3.8, 4) is 5.75 Å². The van der Waals surface area contributed by atoms with Crippen molar-refractivity contribution in [3.63, 3.8) is 0 Å². The Hall–Kier alpha value is -4.33. The van der Waals surface area contributed by atoms with Gasteiger partial charge in [-0.3, -0.25) is 15.6 Å². The van der Waals surface area contributed by atoms with Crippen LogP contribution in [0.15, 0.2) is 73.1 Å². The molecule has 150 valence electrons. The van der Waals surface area contributed by atoms with Gasteiger partial charge in [0.2, 0.25) is 0 Å². The number of carbonyl (C=O) groups is 1. The Morgan fingerprint density at radius 2 is 1.67 bits per heavy atom. The summed E-state index contributed by atoms with van der Waals surface area (Å²) in [4.78, 5) is 21.0. The molecule has 4 rings (SSSR count). The molecule has 30 heavy (non-hydrogen) atoms. The number of ether oxygens (including phenoxy) is 1. The van der Waals surface area contributed by atoms with Crippen molar-refractivity contribution in [2.75, 3.05) is 23.6 Å². The number of hydrogen-bond acceptors (Lipinski definition) is 7. The standard InChI is InChI=1S/C22H20N6O2/c1-30-18-12-5-4-11-17(18)26-20-19(23)21(25-13-24-20)27-28-22(29)16-10-6-8-14-7-2-3-9-15(14)16/h2-13H,23H2,1H3,(H,28,29)(H2,24,25,26,27). The minimum atomic E-state index is -0.302. The number of nitrogens with zero attached hydrogens (tertiary/aromatic N) is 2. The van der Waals surface area contributed by atoms with E-state index in [4.69, 9.17) is 10.5 Å². The van der Waals surface area contributed by atoms with E-state index < -0.39 is 0 Å². The predicted molar refractivity (Wildman–Crippen MR) is 118 cm³/mol. The van der Waals surface area contributed by atoms with E-state index in [1.165, 1.54) is 6.33 Å². The Bertz CT molecular complexity index is 1210. The van der Waals surface area contributed by atoms with Crippen molar-refractivity contribution < 1.29 is 9.53 Å². The maximum absolute atomic E-state index is 12.7. The largest absolute Gasteiger partial charge is 0.495 e. The fourth-order valence-electron chi connectivity index (χ4n) is 3.08. The minimum Gasteiger partial charge on any atom is -0.495 e. The lowest BCUT2D eigenvalue weighted by Crippen LogP contribution is -2.30. The van der Waals surface area contributed by atoms with Crippen LogP contribution < -0.4 is 26.6 Å². The van der Waals surface area contributed by atoms with E-state index in [2.05, 4.69) is 26.1 Å². The van der Waals surface area contributed by atoms with Gasteiger partial charge in [0.05, 0.1) is 12.8 Å². The van der Waals surface area contributed by atoms with Gasteiger partial charge in [0.1, 0.15) is 17.8 Å². The molecule has 8 heteroatoms. The van der Waals surface area contributed by atoms with Crippen LogP contribution in [0.5, 0.6) is 5.75 Å². The van der Waals surface area contributed by atoms with E-state index in [1.54, 1.807) is 13.2 Å². The zero-order chi connectivity index (χ0) is 20.9. The van der Waals surface area contributed by atoms with Crippen LogP contribution in [0.2, 0.25) is 0 Å². The fourth-order valence-corrected chi connectivity index (χ4v) is 3.08. The van der Waals surface area contributed by atoms with Gasteiger partial charge in [-0.15, -0.1) is 0 Å². The van der Waals surface area contributed by atoms with Crippen molar-refractivity contribution in [2.24, 2.45) is 0 Å². The van der Waals surface area contributed by atoms with Crippen LogP contribution in [0.4, 0.5) is 23.0 Å². The Balaban J connectivity index is 1.53. The van der Waals surface area contributed by atoms with Crippen molar-refractivity contribution in [3.05, 3.63) is 78.6 Å². The van der Waals surface area contributed by atoms with E-state index in [-0.39, 0.29) is 17.4 Å². The summed E-state index contributed by atoms with van der Waals surface area (Å²) in [6.07, 6.45) is 1.35. The lowest BCUT2D eigenvalue weighted by molar-refractivity contribution is 0.0964. The number of fused-ring (bicyclic) bond motifs is 1. The summed E-state index contributed by atoms with van der Waals surface area (Å²) in [5.74, 6) is 1.01. The third kappa shape index (κ3) is 3.79. The lowest BCUT2D eigenvalue weighted by atomic mass is 10.0. The van der Waals surface area contributed by atoms with Crippen LogP contribution in [0, 0.1) is 0 Å². The van der Waals surface area contributed by atoms with Gasteiger partial charge < -0.3 is 15.8 Å². The van der Waals surface area contributed by atoms with Crippen LogP contribution in [0.25, 0.3) is 10.8 Å². The molecule has 4 aromatic rings. The molecular formula is C22H20N6O2. The number of para-hydroxylation sites is 2. The van der Waals surface area contributed by atoms with E-state index >= 15 is 0 Å². The Morgan fingerprint density at radius 1 is 0.933 bits per heavy atom. The van der Waals surface area contributed by atoms with Crippen LogP contribution in [0.1, 0.15) is 10.4 Å². The molecule has 1 amide bonds. The van der Waals surface area contributed by atoms with Gasteiger partial charge in [0.15, 0.2) is 11.6 Å².